The zero-order valence-electron chi connectivity index (χ0n) is 20.5. The van der Waals surface area contributed by atoms with Gasteiger partial charge in [-0.2, -0.15) is 0 Å². The van der Waals surface area contributed by atoms with E-state index in [1.807, 2.05) is 6.92 Å². The number of amides is 2. The first-order chi connectivity index (χ1) is 17.2. The normalized spacial score (nSPS) is 12.5. The van der Waals surface area contributed by atoms with Crippen molar-refractivity contribution in [1.82, 2.24) is 5.32 Å². The van der Waals surface area contributed by atoms with Crippen LogP contribution in [0.3, 0.4) is 0 Å². The van der Waals surface area contributed by atoms with Crippen LogP contribution in [0, 0.1) is 6.92 Å². The number of hydrogen-bond acceptors (Lipinski definition) is 7. The first-order valence-electron chi connectivity index (χ1n) is 11.8. The minimum absolute atomic E-state index is 0.298. The van der Waals surface area contributed by atoms with Crippen LogP contribution >= 0.6 is 0 Å². The number of allylic oxidation sites excluding steroid dienone is 1. The fourth-order valence-electron chi connectivity index (χ4n) is 3.62. The Bertz CT molecular complexity index is 1300. The minimum Gasteiger partial charge on any atom is -0.476 e. The number of carbonyl (C=O) groups is 2. The average Bonchev–Trinajstić information content (AvgIpc) is 2.84. The third kappa shape index (κ3) is 6.96. The molecule has 2 aromatic carbocycles. The van der Waals surface area contributed by atoms with E-state index in [-0.39, 0.29) is 5.91 Å². The van der Waals surface area contributed by atoms with Crippen LogP contribution in [0.4, 0.5) is 5.69 Å². The molecule has 2 unspecified atom stereocenters. The summed E-state index contributed by atoms with van der Waals surface area (Å²) in [4.78, 5) is 36.3. The fraction of sp³-hybridized carbons (Fsp3) is 0.296. The van der Waals surface area contributed by atoms with Crippen LogP contribution in [-0.4, -0.2) is 24.4 Å². The number of nitrogens with two attached hydrogens (primary N) is 2. The van der Waals surface area contributed by atoms with Gasteiger partial charge in [-0.15, -0.1) is 0 Å². The quantitative estimate of drug-likeness (QED) is 0.224. The van der Waals surface area contributed by atoms with E-state index >= 15 is 0 Å². The molecule has 1 aromatic heterocycles. The van der Waals surface area contributed by atoms with Crippen molar-refractivity contribution in [1.29, 1.82) is 0 Å². The molecular formula is C27H32N4O5. The summed E-state index contributed by atoms with van der Waals surface area (Å²) >= 11 is 0. The van der Waals surface area contributed by atoms with Crippen molar-refractivity contribution < 1.29 is 18.7 Å². The van der Waals surface area contributed by atoms with E-state index in [4.69, 9.17) is 20.6 Å². The van der Waals surface area contributed by atoms with E-state index < -0.39 is 23.7 Å². The largest absolute Gasteiger partial charge is 0.476 e. The van der Waals surface area contributed by atoms with Crippen molar-refractivity contribution in [2.24, 2.45) is 11.5 Å². The standard InChI is InChI=1S/C27H32N4O5/c1-4-17(3)30-13-5-6-22(28)27(34)31-19-9-7-18(8-10-19)25(26(29)33)35-20-11-12-21-16(2)14-24(32)36-23(21)15-20/h7-12,14-15,22,25,30H,3-6,13,28H2,1-2H3,(H2,29,33)(H,31,34). The third-order valence-corrected chi connectivity index (χ3v) is 5.75. The molecule has 0 spiro atoms. The van der Waals surface area contributed by atoms with Crippen molar-refractivity contribution >= 4 is 28.5 Å². The summed E-state index contributed by atoms with van der Waals surface area (Å²) in [5, 5.41) is 6.72. The van der Waals surface area contributed by atoms with Gasteiger partial charge in [0.2, 0.25) is 12.0 Å². The van der Waals surface area contributed by atoms with Crippen LogP contribution in [0.2, 0.25) is 0 Å². The Morgan fingerprint density at radius 3 is 2.53 bits per heavy atom. The van der Waals surface area contributed by atoms with Gasteiger partial charge in [0.15, 0.2) is 0 Å². The predicted molar refractivity (Wildman–Crippen MR) is 139 cm³/mol. The highest BCUT2D eigenvalue weighted by molar-refractivity contribution is 5.94. The molecule has 9 heteroatoms. The first kappa shape index (κ1) is 26.5. The predicted octanol–water partition coefficient (Wildman–Crippen LogP) is 3.27. The number of hydrogen-bond donors (Lipinski definition) is 4. The van der Waals surface area contributed by atoms with Crippen molar-refractivity contribution in [2.75, 3.05) is 11.9 Å². The number of nitrogens with one attached hydrogen (secondary N) is 2. The highest BCUT2D eigenvalue weighted by atomic mass is 16.5. The van der Waals surface area contributed by atoms with Crippen molar-refractivity contribution in [3.63, 3.8) is 0 Å². The maximum absolute atomic E-state index is 12.4. The molecule has 0 aliphatic rings. The Balaban J connectivity index is 1.63. The lowest BCUT2D eigenvalue weighted by Crippen LogP contribution is -2.36. The number of benzene rings is 2. The Morgan fingerprint density at radius 2 is 1.86 bits per heavy atom. The van der Waals surface area contributed by atoms with E-state index in [0.717, 1.165) is 29.5 Å². The Kier molecular flexibility index (Phi) is 8.86. The van der Waals surface area contributed by atoms with Gasteiger partial charge >= 0.3 is 5.63 Å². The van der Waals surface area contributed by atoms with Gasteiger partial charge in [-0.05, 0) is 56.0 Å². The van der Waals surface area contributed by atoms with Gasteiger partial charge in [0.25, 0.3) is 5.91 Å². The second-order valence-electron chi connectivity index (χ2n) is 8.55. The Hall–Kier alpha value is -4.11. The molecule has 0 radical (unpaired) electrons. The van der Waals surface area contributed by atoms with E-state index in [9.17, 15) is 14.4 Å². The molecule has 0 bridgehead atoms. The topological polar surface area (TPSA) is 150 Å². The molecule has 0 fully saturated rings. The first-order valence-corrected chi connectivity index (χ1v) is 11.8. The number of fused-ring (bicyclic) bond motifs is 1. The summed E-state index contributed by atoms with van der Waals surface area (Å²) < 4.78 is 11.1. The van der Waals surface area contributed by atoms with Gasteiger partial charge < -0.3 is 31.3 Å². The second-order valence-corrected chi connectivity index (χ2v) is 8.55. The van der Waals surface area contributed by atoms with Gasteiger partial charge in [-0.3, -0.25) is 9.59 Å². The maximum Gasteiger partial charge on any atom is 0.336 e. The molecule has 3 rings (SSSR count). The Morgan fingerprint density at radius 1 is 1.14 bits per heavy atom. The van der Waals surface area contributed by atoms with Gasteiger partial charge in [-0.25, -0.2) is 4.79 Å². The lowest BCUT2D eigenvalue weighted by Gasteiger charge is -2.18. The number of aryl methyl sites for hydroxylation is 1. The molecular weight excluding hydrogens is 460 g/mol. The summed E-state index contributed by atoms with van der Waals surface area (Å²) in [5.41, 5.74) is 14.2. The number of primary amides is 1. The fourth-order valence-corrected chi connectivity index (χ4v) is 3.62. The minimum atomic E-state index is -1.09. The molecule has 2 amide bonds. The average molecular weight is 493 g/mol. The third-order valence-electron chi connectivity index (χ3n) is 5.75. The van der Waals surface area contributed by atoms with E-state index in [2.05, 4.69) is 17.2 Å². The smallest absolute Gasteiger partial charge is 0.336 e. The summed E-state index contributed by atoms with van der Waals surface area (Å²) in [7, 11) is 0. The molecule has 190 valence electrons. The summed E-state index contributed by atoms with van der Waals surface area (Å²) in [6.07, 6.45) is 1.03. The van der Waals surface area contributed by atoms with E-state index in [1.54, 1.807) is 49.4 Å². The molecule has 9 nitrogen and oxygen atoms in total. The van der Waals surface area contributed by atoms with Crippen LogP contribution in [0.15, 0.2) is 70.0 Å². The van der Waals surface area contributed by atoms with E-state index in [0.29, 0.717) is 35.5 Å². The highest BCUT2D eigenvalue weighted by Gasteiger charge is 2.21. The van der Waals surface area contributed by atoms with Crippen LogP contribution < -0.4 is 32.5 Å². The number of carbonyl (C=O) groups excluding carboxylic acids is 2. The zero-order chi connectivity index (χ0) is 26.2. The lowest BCUT2D eigenvalue weighted by atomic mass is 10.1. The van der Waals surface area contributed by atoms with Crippen LogP contribution in [-0.2, 0) is 9.59 Å². The van der Waals surface area contributed by atoms with Crippen molar-refractivity contribution in [3.8, 4) is 5.75 Å². The van der Waals surface area contributed by atoms with Crippen LogP contribution in [0.5, 0.6) is 5.75 Å². The summed E-state index contributed by atoms with van der Waals surface area (Å²) in [5.74, 6) is -0.674. The SMILES string of the molecule is C=C(CC)NCCCC(N)C(=O)Nc1ccc(C(Oc2ccc3c(C)cc(=O)oc3c2)C(N)=O)cc1. The molecule has 0 aliphatic heterocycles. The molecule has 2 atom stereocenters. The van der Waals surface area contributed by atoms with Gasteiger partial charge in [0.05, 0.1) is 6.04 Å². The molecule has 36 heavy (non-hydrogen) atoms. The molecule has 0 saturated carbocycles. The number of rotatable bonds is 12. The molecule has 1 heterocycles. The zero-order valence-corrected chi connectivity index (χ0v) is 20.5. The summed E-state index contributed by atoms with van der Waals surface area (Å²) in [6, 6.07) is 12.3. The molecule has 0 aliphatic carbocycles. The van der Waals surface area contributed by atoms with Crippen molar-refractivity contribution in [2.45, 2.75) is 45.3 Å². The summed E-state index contributed by atoms with van der Waals surface area (Å²) in [6.45, 7) is 8.41. The maximum atomic E-state index is 12.4. The lowest BCUT2D eigenvalue weighted by molar-refractivity contribution is -0.125. The Labute approximate surface area is 209 Å². The van der Waals surface area contributed by atoms with Crippen molar-refractivity contribution in [3.05, 3.63) is 82.4 Å². The van der Waals surface area contributed by atoms with E-state index in [1.165, 1.54) is 6.07 Å². The molecule has 6 N–H and O–H groups in total. The molecule has 3 aromatic rings. The molecule has 0 saturated heterocycles. The van der Waals surface area contributed by atoms with Gasteiger partial charge in [0.1, 0.15) is 11.3 Å². The van der Waals surface area contributed by atoms with Crippen LogP contribution in [0.25, 0.3) is 11.0 Å². The second kappa shape index (κ2) is 12.0. The van der Waals surface area contributed by atoms with Gasteiger partial charge in [0, 0.05) is 41.0 Å². The monoisotopic (exact) mass is 492 g/mol. The van der Waals surface area contributed by atoms with Crippen LogP contribution in [0.1, 0.15) is 43.4 Å². The number of anilines is 1. The number of ether oxygens (including phenoxy) is 1. The highest BCUT2D eigenvalue weighted by Crippen LogP contribution is 2.27. The van der Waals surface area contributed by atoms with Gasteiger partial charge in [-0.1, -0.05) is 25.6 Å².